The van der Waals surface area contributed by atoms with Crippen molar-refractivity contribution in [3.05, 3.63) is 48.2 Å². The summed E-state index contributed by atoms with van der Waals surface area (Å²) in [6, 6.07) is 12.5. The van der Waals surface area contributed by atoms with Gasteiger partial charge in [-0.1, -0.05) is 18.2 Å². The average molecular weight is 272 g/mol. The van der Waals surface area contributed by atoms with E-state index in [0.29, 0.717) is 6.54 Å². The lowest BCUT2D eigenvalue weighted by molar-refractivity contribution is -0.114. The summed E-state index contributed by atoms with van der Waals surface area (Å²) in [7, 11) is 0. The van der Waals surface area contributed by atoms with Crippen molar-refractivity contribution in [2.75, 3.05) is 16.8 Å². The minimum absolute atomic E-state index is 0.194. The summed E-state index contributed by atoms with van der Waals surface area (Å²) < 4.78 is 5.34. The Hall–Kier alpha value is -2.56. The molecule has 5 heteroatoms. The van der Waals surface area contributed by atoms with Crippen LogP contribution in [0.4, 0.5) is 11.6 Å². The molecule has 20 heavy (non-hydrogen) atoms. The van der Waals surface area contributed by atoms with Crippen LogP contribution in [0.2, 0.25) is 0 Å². The molecule has 0 aliphatic carbocycles. The Balaban J connectivity index is 2.21. The molecule has 2 rings (SSSR count). The number of nitrogens with zero attached hydrogens (tertiary/aromatic N) is 1. The molecule has 0 atom stereocenters. The summed E-state index contributed by atoms with van der Waals surface area (Å²) in [6.45, 7) is 3.80. The topological polar surface area (TPSA) is 62.6 Å². The number of hydrogen-bond donors (Lipinski definition) is 1. The molecule has 0 bridgehead atoms. The summed E-state index contributed by atoms with van der Waals surface area (Å²) in [6.07, 6.45) is 0. The summed E-state index contributed by atoms with van der Waals surface area (Å²) in [5.74, 6) is -0.0199. The fraction of sp³-hybridized carbons (Fsp3) is 0.200. The lowest BCUT2D eigenvalue weighted by atomic mass is 10.2. The minimum Gasteiger partial charge on any atom is -0.435 e. The number of nitrogens with one attached hydrogen (secondary N) is 1. The van der Waals surface area contributed by atoms with Crippen molar-refractivity contribution < 1.29 is 14.0 Å². The van der Waals surface area contributed by atoms with E-state index in [2.05, 4.69) is 5.32 Å². The van der Waals surface area contributed by atoms with E-state index < -0.39 is 0 Å². The van der Waals surface area contributed by atoms with Crippen LogP contribution in [-0.2, 0) is 4.79 Å². The van der Waals surface area contributed by atoms with Crippen LogP contribution >= 0.6 is 0 Å². The number of amides is 2. The van der Waals surface area contributed by atoms with Gasteiger partial charge < -0.3 is 9.32 Å². The van der Waals surface area contributed by atoms with Gasteiger partial charge in [-0.2, -0.15) is 0 Å². The minimum atomic E-state index is -0.242. The molecular weight excluding hydrogens is 256 g/mol. The van der Waals surface area contributed by atoms with Crippen molar-refractivity contribution in [2.45, 2.75) is 13.8 Å². The summed E-state index contributed by atoms with van der Waals surface area (Å²) in [4.78, 5) is 24.9. The molecule has 0 aliphatic rings. The monoisotopic (exact) mass is 272 g/mol. The van der Waals surface area contributed by atoms with E-state index >= 15 is 0 Å². The summed E-state index contributed by atoms with van der Waals surface area (Å²) in [5.41, 5.74) is 0.803. The Kier molecular flexibility index (Phi) is 4.20. The van der Waals surface area contributed by atoms with Crippen LogP contribution in [0.1, 0.15) is 24.4 Å². The van der Waals surface area contributed by atoms with E-state index in [1.165, 1.54) is 6.92 Å². The first-order valence-electron chi connectivity index (χ1n) is 6.36. The second-order valence-corrected chi connectivity index (χ2v) is 4.23. The van der Waals surface area contributed by atoms with Gasteiger partial charge in [0.25, 0.3) is 5.91 Å². The number of rotatable bonds is 4. The molecule has 5 nitrogen and oxygen atoms in total. The van der Waals surface area contributed by atoms with E-state index in [1.807, 2.05) is 37.3 Å². The fourth-order valence-corrected chi connectivity index (χ4v) is 1.88. The third kappa shape index (κ3) is 3.06. The number of hydrogen-bond acceptors (Lipinski definition) is 3. The Morgan fingerprint density at radius 3 is 2.45 bits per heavy atom. The third-order valence-electron chi connectivity index (χ3n) is 2.75. The predicted molar refractivity (Wildman–Crippen MR) is 76.8 cm³/mol. The Morgan fingerprint density at radius 2 is 1.85 bits per heavy atom. The van der Waals surface area contributed by atoms with E-state index in [-0.39, 0.29) is 23.5 Å². The van der Waals surface area contributed by atoms with Gasteiger partial charge in [0, 0.05) is 25.2 Å². The highest BCUT2D eigenvalue weighted by Gasteiger charge is 2.19. The van der Waals surface area contributed by atoms with E-state index in [1.54, 1.807) is 17.0 Å². The zero-order valence-corrected chi connectivity index (χ0v) is 11.4. The molecule has 0 radical (unpaired) electrons. The largest absolute Gasteiger partial charge is 0.435 e. The third-order valence-corrected chi connectivity index (χ3v) is 2.75. The highest BCUT2D eigenvalue weighted by molar-refractivity contribution is 6.04. The van der Waals surface area contributed by atoms with Crippen LogP contribution in [0.15, 0.2) is 46.9 Å². The molecule has 0 fully saturated rings. The van der Waals surface area contributed by atoms with Crippen molar-refractivity contribution in [3.8, 4) is 0 Å². The first-order valence-corrected chi connectivity index (χ1v) is 6.36. The van der Waals surface area contributed by atoms with Crippen molar-refractivity contribution in [1.82, 2.24) is 0 Å². The first-order chi connectivity index (χ1) is 9.61. The van der Waals surface area contributed by atoms with E-state index in [9.17, 15) is 9.59 Å². The van der Waals surface area contributed by atoms with Crippen LogP contribution in [0.3, 0.4) is 0 Å². The molecule has 0 saturated heterocycles. The van der Waals surface area contributed by atoms with Gasteiger partial charge in [-0.05, 0) is 25.1 Å². The van der Waals surface area contributed by atoms with Gasteiger partial charge in [-0.15, -0.1) is 0 Å². The molecule has 104 valence electrons. The second kappa shape index (κ2) is 6.06. The zero-order valence-electron chi connectivity index (χ0n) is 11.4. The van der Waals surface area contributed by atoms with Crippen LogP contribution in [0.25, 0.3) is 0 Å². The van der Waals surface area contributed by atoms with Crippen molar-refractivity contribution >= 4 is 23.4 Å². The molecule has 0 saturated carbocycles. The highest BCUT2D eigenvalue weighted by Crippen LogP contribution is 2.19. The van der Waals surface area contributed by atoms with Gasteiger partial charge in [0.15, 0.2) is 11.6 Å². The van der Waals surface area contributed by atoms with Gasteiger partial charge in [0.2, 0.25) is 5.91 Å². The van der Waals surface area contributed by atoms with Gasteiger partial charge in [-0.3, -0.25) is 14.9 Å². The van der Waals surface area contributed by atoms with Crippen LogP contribution in [0, 0.1) is 0 Å². The summed E-state index contributed by atoms with van der Waals surface area (Å²) >= 11 is 0. The SMILES string of the molecule is CCN(C(=O)c1ccc(NC(C)=O)o1)c1ccccc1. The Bertz CT molecular complexity index is 605. The van der Waals surface area contributed by atoms with Crippen molar-refractivity contribution in [2.24, 2.45) is 0 Å². The van der Waals surface area contributed by atoms with E-state index in [4.69, 9.17) is 4.42 Å². The molecule has 0 unspecified atom stereocenters. The maximum absolute atomic E-state index is 12.4. The maximum atomic E-state index is 12.4. The second-order valence-electron chi connectivity index (χ2n) is 4.23. The predicted octanol–water partition coefficient (Wildman–Crippen LogP) is 2.90. The number of carbonyl (C=O) groups excluding carboxylic acids is 2. The molecule has 2 aromatic rings. The van der Waals surface area contributed by atoms with Crippen LogP contribution in [-0.4, -0.2) is 18.4 Å². The molecule has 1 aromatic carbocycles. The maximum Gasteiger partial charge on any atom is 0.294 e. The van der Waals surface area contributed by atoms with Gasteiger partial charge in [-0.25, -0.2) is 0 Å². The standard InChI is InChI=1S/C15H16N2O3/c1-3-17(12-7-5-4-6-8-12)15(19)13-9-10-14(20-13)16-11(2)18/h4-10H,3H2,1-2H3,(H,16,18). The fourth-order valence-electron chi connectivity index (χ4n) is 1.88. The van der Waals surface area contributed by atoms with Gasteiger partial charge in [0.05, 0.1) is 0 Å². The van der Waals surface area contributed by atoms with Gasteiger partial charge in [0.1, 0.15) is 0 Å². The molecule has 1 N–H and O–H groups in total. The number of benzene rings is 1. The molecule has 1 heterocycles. The number of carbonyl (C=O) groups is 2. The summed E-state index contributed by atoms with van der Waals surface area (Å²) in [5, 5.41) is 2.50. The Labute approximate surface area is 117 Å². The number of furan rings is 1. The molecular formula is C15H16N2O3. The Morgan fingerprint density at radius 1 is 1.15 bits per heavy atom. The molecule has 2 amide bonds. The highest BCUT2D eigenvalue weighted by atomic mass is 16.4. The first kappa shape index (κ1) is 13.9. The lowest BCUT2D eigenvalue weighted by Gasteiger charge is -2.19. The molecule has 0 spiro atoms. The van der Waals surface area contributed by atoms with Gasteiger partial charge >= 0.3 is 0 Å². The van der Waals surface area contributed by atoms with Crippen molar-refractivity contribution in [1.29, 1.82) is 0 Å². The normalized spacial score (nSPS) is 10.1. The zero-order chi connectivity index (χ0) is 14.5. The lowest BCUT2D eigenvalue weighted by Crippen LogP contribution is -2.30. The quantitative estimate of drug-likeness (QED) is 0.930. The van der Waals surface area contributed by atoms with E-state index in [0.717, 1.165) is 5.69 Å². The van der Waals surface area contributed by atoms with Crippen molar-refractivity contribution in [3.63, 3.8) is 0 Å². The molecule has 1 aromatic heterocycles. The number of para-hydroxylation sites is 1. The number of anilines is 2. The van der Waals surface area contributed by atoms with Crippen LogP contribution in [0.5, 0.6) is 0 Å². The van der Waals surface area contributed by atoms with Crippen LogP contribution < -0.4 is 10.2 Å². The molecule has 0 aliphatic heterocycles. The average Bonchev–Trinajstić information content (AvgIpc) is 2.88. The smallest absolute Gasteiger partial charge is 0.294 e.